The largest absolute Gasteiger partial charge is 0.432 e. The van der Waals surface area contributed by atoms with E-state index in [1.807, 2.05) is 0 Å². The fourth-order valence-corrected chi connectivity index (χ4v) is 1.35. The first-order valence-electron chi connectivity index (χ1n) is 5.11. The summed E-state index contributed by atoms with van der Waals surface area (Å²) in [6, 6.07) is 4.56. The van der Waals surface area contributed by atoms with Crippen LogP contribution in [-0.4, -0.2) is 22.7 Å². The van der Waals surface area contributed by atoms with Crippen molar-refractivity contribution in [2.24, 2.45) is 0 Å². The maximum atomic E-state index is 13.4. The van der Waals surface area contributed by atoms with E-state index in [0.717, 1.165) is 12.1 Å². The molecule has 0 atom stereocenters. The van der Waals surface area contributed by atoms with Crippen LogP contribution >= 0.6 is 0 Å². The Bertz CT molecular complexity index is 573. The number of carbonyl (C=O) groups is 1. The van der Waals surface area contributed by atoms with Crippen molar-refractivity contribution in [3.8, 4) is 5.75 Å². The van der Waals surface area contributed by atoms with E-state index < -0.39 is 24.1 Å². The van der Waals surface area contributed by atoms with Gasteiger partial charge in [0.05, 0.1) is 0 Å². The second kappa shape index (κ2) is 5.42. The van der Waals surface area contributed by atoms with Crippen LogP contribution < -0.4 is 10.1 Å². The van der Waals surface area contributed by atoms with E-state index in [2.05, 4.69) is 20.3 Å². The van der Waals surface area contributed by atoms with Gasteiger partial charge >= 0.3 is 6.61 Å². The van der Waals surface area contributed by atoms with E-state index in [9.17, 15) is 18.0 Å². The first-order chi connectivity index (χ1) is 9.06. The highest BCUT2D eigenvalue weighted by Crippen LogP contribution is 2.23. The summed E-state index contributed by atoms with van der Waals surface area (Å²) in [6.45, 7) is -3.11. The molecule has 0 aliphatic carbocycles. The van der Waals surface area contributed by atoms with Crippen LogP contribution in [0.5, 0.6) is 5.75 Å². The normalized spacial score (nSPS) is 10.5. The van der Waals surface area contributed by atoms with Crippen LogP contribution in [-0.2, 0) is 0 Å². The molecule has 0 spiro atoms. The van der Waals surface area contributed by atoms with Crippen LogP contribution in [0.15, 0.2) is 30.5 Å². The molecular weight excluding hydrogens is 263 g/mol. The minimum atomic E-state index is -3.11. The first-order valence-corrected chi connectivity index (χ1v) is 5.11. The Hall–Kier alpha value is -2.51. The van der Waals surface area contributed by atoms with Gasteiger partial charge in [0.1, 0.15) is 5.69 Å². The minimum Gasteiger partial charge on any atom is -0.432 e. The summed E-state index contributed by atoms with van der Waals surface area (Å²) in [5.74, 6) is -2.11. The van der Waals surface area contributed by atoms with E-state index in [1.54, 1.807) is 0 Å². The molecule has 19 heavy (non-hydrogen) atoms. The Balaban J connectivity index is 2.10. The van der Waals surface area contributed by atoms with Crippen molar-refractivity contribution in [1.29, 1.82) is 0 Å². The van der Waals surface area contributed by atoms with E-state index >= 15 is 0 Å². The topological polar surface area (TPSA) is 67.0 Å². The summed E-state index contributed by atoms with van der Waals surface area (Å²) in [5, 5.41) is 8.39. The average Bonchev–Trinajstić information content (AvgIpc) is 2.86. The molecular formula is C11H8F3N3O2. The third-order valence-electron chi connectivity index (χ3n) is 2.15. The molecule has 1 aromatic heterocycles. The maximum Gasteiger partial charge on any atom is 0.387 e. The molecule has 1 aromatic carbocycles. The average molecular weight is 271 g/mol. The lowest BCUT2D eigenvalue weighted by Gasteiger charge is -2.08. The predicted molar refractivity (Wildman–Crippen MR) is 59.6 cm³/mol. The smallest absolute Gasteiger partial charge is 0.387 e. The monoisotopic (exact) mass is 271 g/mol. The van der Waals surface area contributed by atoms with Gasteiger partial charge in [0.2, 0.25) is 0 Å². The number of alkyl halides is 2. The van der Waals surface area contributed by atoms with Crippen molar-refractivity contribution in [2.45, 2.75) is 6.61 Å². The number of amides is 1. The van der Waals surface area contributed by atoms with Gasteiger partial charge in [0, 0.05) is 18.0 Å². The lowest BCUT2D eigenvalue weighted by atomic mass is 10.2. The van der Waals surface area contributed by atoms with Gasteiger partial charge in [-0.25, -0.2) is 4.39 Å². The van der Waals surface area contributed by atoms with Gasteiger partial charge < -0.3 is 10.1 Å². The Labute approximate surface area is 105 Å². The van der Waals surface area contributed by atoms with Gasteiger partial charge in [0.15, 0.2) is 11.6 Å². The number of benzene rings is 1. The van der Waals surface area contributed by atoms with E-state index in [1.165, 1.54) is 18.3 Å². The number of H-pyrrole nitrogens is 1. The molecule has 0 unspecified atom stereocenters. The summed E-state index contributed by atoms with van der Waals surface area (Å²) in [5.41, 5.74) is 0.298. The van der Waals surface area contributed by atoms with Crippen LogP contribution in [0, 0.1) is 5.82 Å². The molecule has 0 saturated heterocycles. The highest BCUT2D eigenvalue weighted by molar-refractivity contribution is 6.02. The van der Waals surface area contributed by atoms with Crippen LogP contribution in [0.2, 0.25) is 0 Å². The number of anilines is 1. The molecule has 0 fully saturated rings. The fraction of sp³-hybridized carbons (Fsp3) is 0.0909. The van der Waals surface area contributed by atoms with Crippen molar-refractivity contribution >= 4 is 11.6 Å². The van der Waals surface area contributed by atoms with Crippen molar-refractivity contribution in [1.82, 2.24) is 10.2 Å². The van der Waals surface area contributed by atoms with Crippen molar-refractivity contribution < 1.29 is 22.7 Å². The summed E-state index contributed by atoms with van der Waals surface area (Å²) < 4.78 is 41.2. The summed E-state index contributed by atoms with van der Waals surface area (Å²) in [6.07, 6.45) is 1.38. The molecule has 2 N–H and O–H groups in total. The summed E-state index contributed by atoms with van der Waals surface area (Å²) >= 11 is 0. The molecule has 1 amide bonds. The minimum absolute atomic E-state index is 0.110. The summed E-state index contributed by atoms with van der Waals surface area (Å²) in [4.78, 5) is 11.6. The molecule has 2 aromatic rings. The zero-order chi connectivity index (χ0) is 13.8. The third-order valence-corrected chi connectivity index (χ3v) is 2.15. The number of halogens is 3. The lowest BCUT2D eigenvalue weighted by Crippen LogP contribution is -2.12. The van der Waals surface area contributed by atoms with Crippen LogP contribution in [0.3, 0.4) is 0 Å². The van der Waals surface area contributed by atoms with Gasteiger partial charge in [-0.3, -0.25) is 9.89 Å². The molecule has 5 nitrogen and oxygen atoms in total. The quantitative estimate of drug-likeness (QED) is 0.897. The van der Waals surface area contributed by atoms with Gasteiger partial charge in [-0.05, 0) is 18.2 Å². The number of carbonyl (C=O) groups excluding carboxylic acids is 1. The predicted octanol–water partition coefficient (Wildman–Crippen LogP) is 2.40. The van der Waals surface area contributed by atoms with Crippen LogP contribution in [0.4, 0.5) is 18.9 Å². The maximum absolute atomic E-state index is 13.4. The van der Waals surface area contributed by atoms with Crippen molar-refractivity contribution in [3.05, 3.63) is 42.0 Å². The van der Waals surface area contributed by atoms with E-state index in [4.69, 9.17) is 0 Å². The Morgan fingerprint density at radius 1 is 1.37 bits per heavy atom. The molecule has 0 saturated carbocycles. The van der Waals surface area contributed by atoms with Gasteiger partial charge in [-0.1, -0.05) is 0 Å². The van der Waals surface area contributed by atoms with Gasteiger partial charge in [0.25, 0.3) is 5.91 Å². The number of aromatic amines is 1. The molecule has 2 rings (SSSR count). The highest BCUT2D eigenvalue weighted by Gasteiger charge is 2.12. The number of hydrogen-bond donors (Lipinski definition) is 2. The van der Waals surface area contributed by atoms with Crippen molar-refractivity contribution in [2.75, 3.05) is 5.32 Å². The van der Waals surface area contributed by atoms with Crippen molar-refractivity contribution in [3.63, 3.8) is 0 Å². The fourth-order valence-electron chi connectivity index (χ4n) is 1.35. The number of nitrogens with zero attached hydrogens (tertiary/aromatic N) is 1. The highest BCUT2D eigenvalue weighted by atomic mass is 19.3. The SMILES string of the molecule is O=C(Nc1ccc(OC(F)F)c(F)c1)c1ccn[nH]1. The van der Waals surface area contributed by atoms with Gasteiger partial charge in [-0.2, -0.15) is 13.9 Å². The second-order valence-corrected chi connectivity index (χ2v) is 3.45. The zero-order valence-electron chi connectivity index (χ0n) is 9.36. The molecule has 0 bridgehead atoms. The summed E-state index contributed by atoms with van der Waals surface area (Å²) in [7, 11) is 0. The number of aromatic nitrogens is 2. The Kier molecular flexibility index (Phi) is 3.69. The standard InChI is InChI=1S/C11H8F3N3O2/c12-7-5-6(1-2-9(7)19-11(13)14)16-10(18)8-3-4-15-17-8/h1-5,11H,(H,15,17)(H,16,18). The molecule has 0 aliphatic heterocycles. The van der Waals surface area contributed by atoms with Gasteiger partial charge in [-0.15, -0.1) is 0 Å². The lowest BCUT2D eigenvalue weighted by molar-refractivity contribution is -0.0521. The number of ether oxygens (including phenoxy) is 1. The molecule has 8 heteroatoms. The Morgan fingerprint density at radius 3 is 2.74 bits per heavy atom. The Morgan fingerprint density at radius 2 is 2.16 bits per heavy atom. The van der Waals surface area contributed by atoms with E-state index in [0.29, 0.717) is 0 Å². The van der Waals surface area contributed by atoms with E-state index in [-0.39, 0.29) is 11.4 Å². The molecule has 100 valence electrons. The molecule has 0 radical (unpaired) electrons. The molecule has 0 aliphatic rings. The number of nitrogens with one attached hydrogen (secondary N) is 2. The molecule has 1 heterocycles. The first kappa shape index (κ1) is 12.9. The second-order valence-electron chi connectivity index (χ2n) is 3.45. The van der Waals surface area contributed by atoms with Crippen LogP contribution in [0.25, 0.3) is 0 Å². The number of hydrogen-bond acceptors (Lipinski definition) is 3. The zero-order valence-corrected chi connectivity index (χ0v) is 9.36. The number of rotatable bonds is 4. The van der Waals surface area contributed by atoms with Crippen LogP contribution in [0.1, 0.15) is 10.5 Å². The third kappa shape index (κ3) is 3.24.